The van der Waals surface area contributed by atoms with Crippen molar-refractivity contribution in [2.75, 3.05) is 17.6 Å². The normalized spacial score (nSPS) is 11.6. The van der Waals surface area contributed by atoms with E-state index in [0.717, 1.165) is 29.2 Å². The van der Waals surface area contributed by atoms with Crippen LogP contribution in [-0.4, -0.2) is 6.54 Å². The summed E-state index contributed by atoms with van der Waals surface area (Å²) in [4.78, 5) is 0. The molecule has 2 nitrogen and oxygen atoms in total. The fourth-order valence-electron chi connectivity index (χ4n) is 1.31. The Morgan fingerprint density at radius 1 is 1.38 bits per heavy atom. The van der Waals surface area contributed by atoms with Gasteiger partial charge in [-0.25, -0.2) is 0 Å². The Morgan fingerprint density at radius 3 is 2.56 bits per heavy atom. The third kappa shape index (κ3) is 3.31. The zero-order valence-corrected chi connectivity index (χ0v) is 11.3. The molecule has 3 heteroatoms. The molecule has 0 saturated heterocycles. The van der Waals surface area contributed by atoms with Gasteiger partial charge < -0.3 is 11.1 Å². The fraction of sp³-hybridized carbons (Fsp3) is 0.538. The summed E-state index contributed by atoms with van der Waals surface area (Å²) in [5.41, 5.74) is 8.93. The number of rotatable bonds is 4. The van der Waals surface area contributed by atoms with Gasteiger partial charge in [0.25, 0.3) is 0 Å². The molecule has 1 aromatic rings. The highest BCUT2D eigenvalue weighted by molar-refractivity contribution is 6.31. The van der Waals surface area contributed by atoms with Crippen molar-refractivity contribution in [3.05, 3.63) is 22.7 Å². The van der Waals surface area contributed by atoms with Gasteiger partial charge in [-0.15, -0.1) is 0 Å². The van der Waals surface area contributed by atoms with Crippen molar-refractivity contribution in [1.82, 2.24) is 0 Å². The predicted octanol–water partition coefficient (Wildman–Crippen LogP) is 4.08. The molecule has 0 aliphatic rings. The largest absolute Gasteiger partial charge is 0.397 e. The van der Waals surface area contributed by atoms with Crippen molar-refractivity contribution in [1.29, 1.82) is 0 Å². The number of aryl methyl sites for hydroxylation is 1. The standard InChI is InChI=1S/C13H21ClN2/c1-5-13(3,4)8-16-12-6-9(2)10(14)7-11(12)15/h6-7,16H,5,8,15H2,1-4H3. The van der Waals surface area contributed by atoms with Crippen molar-refractivity contribution in [2.45, 2.75) is 34.1 Å². The lowest BCUT2D eigenvalue weighted by molar-refractivity contribution is 0.377. The van der Waals surface area contributed by atoms with Crippen molar-refractivity contribution >= 4 is 23.0 Å². The molecule has 0 fully saturated rings. The predicted molar refractivity (Wildman–Crippen MR) is 73.2 cm³/mol. The Hall–Kier alpha value is -0.890. The van der Waals surface area contributed by atoms with E-state index in [1.165, 1.54) is 0 Å². The van der Waals surface area contributed by atoms with E-state index in [-0.39, 0.29) is 5.41 Å². The minimum absolute atomic E-state index is 0.278. The number of benzene rings is 1. The highest BCUT2D eigenvalue weighted by Gasteiger charge is 2.15. The summed E-state index contributed by atoms with van der Waals surface area (Å²) < 4.78 is 0. The maximum absolute atomic E-state index is 6.00. The molecule has 0 heterocycles. The number of nitrogens with one attached hydrogen (secondary N) is 1. The van der Waals surface area contributed by atoms with E-state index < -0.39 is 0 Å². The number of hydrogen-bond donors (Lipinski definition) is 2. The van der Waals surface area contributed by atoms with Crippen molar-refractivity contribution in [2.24, 2.45) is 5.41 Å². The maximum atomic E-state index is 6.00. The van der Waals surface area contributed by atoms with Crippen molar-refractivity contribution < 1.29 is 0 Å². The summed E-state index contributed by atoms with van der Waals surface area (Å²) in [6, 6.07) is 3.81. The lowest BCUT2D eigenvalue weighted by atomic mass is 9.90. The second kappa shape index (κ2) is 4.96. The molecule has 0 aliphatic heterocycles. The minimum atomic E-state index is 0.278. The van der Waals surface area contributed by atoms with Crippen molar-refractivity contribution in [3.63, 3.8) is 0 Å². The topological polar surface area (TPSA) is 38.0 Å². The van der Waals surface area contributed by atoms with Gasteiger partial charge in [0, 0.05) is 11.6 Å². The zero-order chi connectivity index (χ0) is 12.3. The van der Waals surface area contributed by atoms with Crippen LogP contribution in [0, 0.1) is 12.3 Å². The summed E-state index contributed by atoms with van der Waals surface area (Å²) in [7, 11) is 0. The second-order valence-electron chi connectivity index (χ2n) is 5.06. The molecule has 0 amide bonds. The molecule has 1 aromatic carbocycles. The Morgan fingerprint density at radius 2 is 2.00 bits per heavy atom. The first-order valence-electron chi connectivity index (χ1n) is 5.65. The third-order valence-corrected chi connectivity index (χ3v) is 3.45. The number of halogens is 1. The average Bonchev–Trinajstić information content (AvgIpc) is 2.22. The van der Waals surface area contributed by atoms with E-state index >= 15 is 0 Å². The van der Waals surface area contributed by atoms with Gasteiger partial charge in [0.1, 0.15) is 0 Å². The Kier molecular flexibility index (Phi) is 4.09. The molecule has 0 atom stereocenters. The van der Waals surface area contributed by atoms with E-state index in [1.807, 2.05) is 13.0 Å². The van der Waals surface area contributed by atoms with E-state index in [0.29, 0.717) is 5.69 Å². The quantitative estimate of drug-likeness (QED) is 0.779. The fourth-order valence-corrected chi connectivity index (χ4v) is 1.48. The van der Waals surface area contributed by atoms with Crippen LogP contribution >= 0.6 is 11.6 Å². The second-order valence-corrected chi connectivity index (χ2v) is 5.47. The summed E-state index contributed by atoms with van der Waals surface area (Å²) in [5.74, 6) is 0. The Bertz CT molecular complexity index is 372. The molecule has 0 aliphatic carbocycles. The van der Waals surface area contributed by atoms with Crippen LogP contribution in [0.1, 0.15) is 32.8 Å². The molecular formula is C13H21ClN2. The van der Waals surface area contributed by atoms with Gasteiger partial charge in [0.05, 0.1) is 11.4 Å². The lowest BCUT2D eigenvalue weighted by Gasteiger charge is -2.24. The third-order valence-electron chi connectivity index (χ3n) is 3.05. The number of nitrogens with two attached hydrogens (primary N) is 1. The van der Waals surface area contributed by atoms with E-state index in [2.05, 4.69) is 26.1 Å². The Labute approximate surface area is 103 Å². The molecule has 16 heavy (non-hydrogen) atoms. The molecule has 0 saturated carbocycles. The molecule has 90 valence electrons. The van der Waals surface area contributed by atoms with Gasteiger partial charge in [0.15, 0.2) is 0 Å². The van der Waals surface area contributed by atoms with Gasteiger partial charge in [-0.3, -0.25) is 0 Å². The van der Waals surface area contributed by atoms with Crippen LogP contribution in [0.25, 0.3) is 0 Å². The number of hydrogen-bond acceptors (Lipinski definition) is 2. The highest BCUT2D eigenvalue weighted by Crippen LogP contribution is 2.28. The Balaban J connectivity index is 2.79. The van der Waals surface area contributed by atoms with Gasteiger partial charge in [0.2, 0.25) is 0 Å². The van der Waals surface area contributed by atoms with E-state index in [1.54, 1.807) is 6.07 Å². The smallest absolute Gasteiger partial charge is 0.0577 e. The van der Waals surface area contributed by atoms with Crippen LogP contribution in [0.15, 0.2) is 12.1 Å². The summed E-state index contributed by atoms with van der Waals surface area (Å²) in [6.45, 7) is 9.56. The molecule has 0 bridgehead atoms. The summed E-state index contributed by atoms with van der Waals surface area (Å²) in [5, 5.41) is 4.11. The SMILES string of the molecule is CCC(C)(C)CNc1cc(C)c(Cl)cc1N. The maximum Gasteiger partial charge on any atom is 0.0577 e. The molecule has 0 radical (unpaired) electrons. The first kappa shape index (κ1) is 13.2. The van der Waals surface area contributed by atoms with Crippen molar-refractivity contribution in [3.8, 4) is 0 Å². The average molecular weight is 241 g/mol. The highest BCUT2D eigenvalue weighted by atomic mass is 35.5. The molecule has 0 unspecified atom stereocenters. The molecule has 0 aromatic heterocycles. The lowest BCUT2D eigenvalue weighted by Crippen LogP contribution is -2.22. The van der Waals surface area contributed by atoms with Gasteiger partial charge >= 0.3 is 0 Å². The van der Waals surface area contributed by atoms with Crippen LogP contribution in [0.2, 0.25) is 5.02 Å². The van der Waals surface area contributed by atoms with Gasteiger partial charge in [-0.2, -0.15) is 0 Å². The molecular weight excluding hydrogens is 220 g/mol. The summed E-state index contributed by atoms with van der Waals surface area (Å²) in [6.07, 6.45) is 1.13. The van der Waals surface area contributed by atoms with Crippen LogP contribution in [-0.2, 0) is 0 Å². The first-order valence-corrected chi connectivity index (χ1v) is 6.03. The molecule has 3 N–H and O–H groups in total. The summed E-state index contributed by atoms with van der Waals surface area (Å²) >= 11 is 6.00. The van der Waals surface area contributed by atoms with Gasteiger partial charge in [-0.05, 0) is 36.5 Å². The van der Waals surface area contributed by atoms with Crippen LogP contribution in [0.4, 0.5) is 11.4 Å². The zero-order valence-electron chi connectivity index (χ0n) is 10.5. The van der Waals surface area contributed by atoms with Gasteiger partial charge in [-0.1, -0.05) is 32.4 Å². The minimum Gasteiger partial charge on any atom is -0.397 e. The van der Waals surface area contributed by atoms with E-state index in [4.69, 9.17) is 17.3 Å². The van der Waals surface area contributed by atoms with Crippen LogP contribution < -0.4 is 11.1 Å². The molecule has 0 spiro atoms. The first-order chi connectivity index (χ1) is 7.35. The molecule has 1 rings (SSSR count). The number of nitrogen functional groups attached to an aromatic ring is 1. The number of anilines is 2. The van der Waals surface area contributed by atoms with E-state index in [9.17, 15) is 0 Å². The van der Waals surface area contributed by atoms with Crippen LogP contribution in [0.5, 0.6) is 0 Å². The van der Waals surface area contributed by atoms with Crippen LogP contribution in [0.3, 0.4) is 0 Å². The monoisotopic (exact) mass is 240 g/mol.